The third kappa shape index (κ3) is 6.57. The molecule has 1 fully saturated rings. The molecule has 3 aromatic rings. The highest BCUT2D eigenvalue weighted by Crippen LogP contribution is 2.27. The molecular weight excluding hydrogens is 541 g/mol. The Bertz CT molecular complexity index is 1540. The fourth-order valence-electron chi connectivity index (χ4n) is 4.49. The van der Waals surface area contributed by atoms with E-state index in [4.69, 9.17) is 14.3 Å². The van der Waals surface area contributed by atoms with E-state index >= 15 is 0 Å². The van der Waals surface area contributed by atoms with Crippen LogP contribution in [0.5, 0.6) is 0 Å². The van der Waals surface area contributed by atoms with Gasteiger partial charge in [0.25, 0.3) is 11.5 Å². The van der Waals surface area contributed by atoms with E-state index in [1.54, 1.807) is 31.4 Å². The Morgan fingerprint density at radius 3 is 2.73 bits per heavy atom. The van der Waals surface area contributed by atoms with Gasteiger partial charge in [-0.15, -0.1) is 0 Å². The zero-order chi connectivity index (χ0) is 28.9. The van der Waals surface area contributed by atoms with Gasteiger partial charge in [0.15, 0.2) is 20.9 Å². The minimum atomic E-state index is -3.90. The number of sulfone groups is 1. The smallest absolute Gasteiger partial charge is 0.264 e. The van der Waals surface area contributed by atoms with Crippen molar-refractivity contribution in [1.29, 1.82) is 0 Å². The molecule has 4 rings (SSSR count). The van der Waals surface area contributed by atoms with Crippen LogP contribution in [0.3, 0.4) is 0 Å². The van der Waals surface area contributed by atoms with E-state index in [1.807, 2.05) is 6.07 Å². The summed E-state index contributed by atoms with van der Waals surface area (Å²) in [6.07, 6.45) is 4.38. The van der Waals surface area contributed by atoms with E-state index < -0.39 is 38.2 Å². The summed E-state index contributed by atoms with van der Waals surface area (Å²) in [6, 6.07) is 9.81. The molecule has 1 aliphatic heterocycles. The molecule has 1 aliphatic rings. The first-order valence-electron chi connectivity index (χ1n) is 13.1. The SMILES string of the molecule is COCCc1ccc(-c2ccc3c(=O)n(CC[C@](C)(C(=O)NOC4CCCCO4)S(C)(=O)=O)cnc3c2)c(F)c1. The number of nitrogens with one attached hydrogen (secondary N) is 1. The number of carbonyl (C=O) groups is 1. The molecule has 2 heterocycles. The van der Waals surface area contributed by atoms with Gasteiger partial charge in [0, 0.05) is 38.5 Å². The molecular formula is C28H34FN3O7S. The number of halogens is 1. The zero-order valence-electron chi connectivity index (χ0n) is 22.8. The van der Waals surface area contributed by atoms with Gasteiger partial charge in [-0.05, 0) is 61.9 Å². The van der Waals surface area contributed by atoms with Crippen LogP contribution in [-0.4, -0.2) is 61.5 Å². The number of carbonyl (C=O) groups excluding carboxylic acids is 1. The van der Waals surface area contributed by atoms with Crippen molar-refractivity contribution in [3.8, 4) is 11.1 Å². The molecule has 10 nitrogen and oxygen atoms in total. The molecule has 1 amide bonds. The monoisotopic (exact) mass is 575 g/mol. The standard InChI is InChI=1S/C28H34FN3O7S/c1-28(40(3,35)36,27(34)31-39-25-6-4-5-14-38-25)12-13-32-18-30-24-17-20(8-10-22(24)26(32)33)21-9-7-19(11-15-37-2)16-23(21)29/h7-10,16-18,25H,4-6,11-15H2,1-3H3,(H,31,34)/t25?,28-/m1/s1. The average Bonchev–Trinajstić information content (AvgIpc) is 2.94. The molecule has 0 radical (unpaired) electrons. The Kier molecular flexibility index (Phi) is 9.34. The van der Waals surface area contributed by atoms with Crippen molar-refractivity contribution >= 4 is 26.6 Å². The van der Waals surface area contributed by atoms with Crippen molar-refractivity contribution in [3.63, 3.8) is 0 Å². The topological polar surface area (TPSA) is 126 Å². The molecule has 1 N–H and O–H groups in total. The third-order valence-electron chi connectivity index (χ3n) is 7.31. The number of fused-ring (bicyclic) bond motifs is 1. The van der Waals surface area contributed by atoms with Gasteiger partial charge in [-0.3, -0.25) is 14.2 Å². The van der Waals surface area contributed by atoms with E-state index in [2.05, 4.69) is 10.5 Å². The predicted octanol–water partition coefficient (Wildman–Crippen LogP) is 3.16. The van der Waals surface area contributed by atoms with Crippen molar-refractivity contribution < 1.29 is 31.9 Å². The van der Waals surface area contributed by atoms with E-state index in [0.717, 1.165) is 24.7 Å². The number of benzene rings is 2. The molecule has 12 heteroatoms. The van der Waals surface area contributed by atoms with Crippen LogP contribution < -0.4 is 11.0 Å². The Morgan fingerprint density at radius 2 is 2.05 bits per heavy atom. The fourth-order valence-corrected chi connectivity index (χ4v) is 5.33. The molecule has 0 saturated carbocycles. The minimum Gasteiger partial charge on any atom is -0.384 e. The van der Waals surface area contributed by atoms with Gasteiger partial charge in [-0.1, -0.05) is 18.2 Å². The Morgan fingerprint density at radius 1 is 1.25 bits per heavy atom. The van der Waals surface area contributed by atoms with Crippen LogP contribution in [0, 0.1) is 5.82 Å². The summed E-state index contributed by atoms with van der Waals surface area (Å²) in [5.41, 5.74) is 3.96. The Hall–Kier alpha value is -3.19. The quantitative estimate of drug-likeness (QED) is 0.346. The lowest BCUT2D eigenvalue weighted by atomic mass is 10.0. The number of hydrogen-bond acceptors (Lipinski definition) is 8. The number of nitrogens with zero attached hydrogens (tertiary/aromatic N) is 2. The second kappa shape index (κ2) is 12.5. The van der Waals surface area contributed by atoms with Crippen molar-refractivity contribution in [3.05, 3.63) is 64.5 Å². The molecule has 2 aromatic carbocycles. The molecule has 1 aromatic heterocycles. The minimum absolute atomic E-state index is 0.0853. The van der Waals surface area contributed by atoms with Crippen molar-refractivity contribution in [2.75, 3.05) is 26.6 Å². The van der Waals surface area contributed by atoms with Crippen molar-refractivity contribution in [2.45, 2.75) is 56.6 Å². The molecule has 0 aliphatic carbocycles. The molecule has 0 bridgehead atoms. The van der Waals surface area contributed by atoms with Crippen molar-refractivity contribution in [2.24, 2.45) is 0 Å². The van der Waals surface area contributed by atoms with Crippen LogP contribution in [0.2, 0.25) is 0 Å². The normalized spacial score (nSPS) is 17.4. The lowest BCUT2D eigenvalue weighted by Gasteiger charge is -2.28. The molecule has 2 atom stereocenters. The van der Waals surface area contributed by atoms with Gasteiger partial charge in [-0.25, -0.2) is 28.1 Å². The number of ether oxygens (including phenoxy) is 2. The first kappa shape index (κ1) is 29.8. The number of methoxy groups -OCH3 is 1. The van der Waals surface area contributed by atoms with Crippen LogP contribution in [0.15, 0.2) is 47.5 Å². The highest BCUT2D eigenvalue weighted by Gasteiger charge is 2.44. The van der Waals surface area contributed by atoms with Gasteiger partial charge in [0.05, 0.1) is 23.8 Å². The van der Waals surface area contributed by atoms with Crippen molar-refractivity contribution in [1.82, 2.24) is 15.0 Å². The van der Waals surface area contributed by atoms with Gasteiger partial charge < -0.3 is 9.47 Å². The van der Waals surface area contributed by atoms with Gasteiger partial charge in [0.2, 0.25) is 0 Å². The summed E-state index contributed by atoms with van der Waals surface area (Å²) in [6.45, 7) is 2.20. The Balaban J connectivity index is 1.52. The highest BCUT2D eigenvalue weighted by atomic mass is 32.2. The largest absolute Gasteiger partial charge is 0.384 e. The van der Waals surface area contributed by atoms with Gasteiger partial charge in [0.1, 0.15) is 5.82 Å². The van der Waals surface area contributed by atoms with E-state index in [-0.39, 0.29) is 18.4 Å². The van der Waals surface area contributed by atoms with Crippen LogP contribution in [0.4, 0.5) is 4.39 Å². The van der Waals surface area contributed by atoms with Crippen LogP contribution in [0.1, 0.15) is 38.2 Å². The number of aromatic nitrogens is 2. The maximum atomic E-state index is 14.8. The third-order valence-corrected chi connectivity index (χ3v) is 9.34. The van der Waals surface area contributed by atoms with E-state index in [1.165, 1.54) is 23.9 Å². The highest BCUT2D eigenvalue weighted by molar-refractivity contribution is 7.92. The van der Waals surface area contributed by atoms with Crippen LogP contribution in [0.25, 0.3) is 22.0 Å². The zero-order valence-corrected chi connectivity index (χ0v) is 23.6. The number of rotatable bonds is 11. The number of aryl methyl sites for hydroxylation is 1. The number of amides is 1. The molecule has 0 spiro atoms. The number of hydrogen-bond donors (Lipinski definition) is 1. The maximum absolute atomic E-state index is 14.8. The van der Waals surface area contributed by atoms with Gasteiger partial charge in [-0.2, -0.15) is 0 Å². The second-order valence-corrected chi connectivity index (χ2v) is 12.6. The summed E-state index contributed by atoms with van der Waals surface area (Å²) in [5.74, 6) is -1.23. The first-order valence-corrected chi connectivity index (χ1v) is 15.0. The summed E-state index contributed by atoms with van der Waals surface area (Å²) < 4.78 is 50.0. The molecule has 216 valence electrons. The second-order valence-electron chi connectivity index (χ2n) is 10.1. The number of hydroxylamine groups is 1. The molecule has 1 unspecified atom stereocenters. The van der Waals surface area contributed by atoms with Crippen LogP contribution >= 0.6 is 0 Å². The lowest BCUT2D eigenvalue weighted by Crippen LogP contribution is -2.51. The Labute approximate surface area is 232 Å². The first-order chi connectivity index (χ1) is 19.0. The fraction of sp³-hybridized carbons (Fsp3) is 0.464. The summed E-state index contributed by atoms with van der Waals surface area (Å²) in [4.78, 5) is 35.8. The summed E-state index contributed by atoms with van der Waals surface area (Å²) in [5, 5.41) is 0.284. The predicted molar refractivity (Wildman–Crippen MR) is 148 cm³/mol. The summed E-state index contributed by atoms with van der Waals surface area (Å²) in [7, 11) is -2.31. The molecule has 40 heavy (non-hydrogen) atoms. The lowest BCUT2D eigenvalue weighted by molar-refractivity contribution is -0.201. The average molecular weight is 576 g/mol. The summed E-state index contributed by atoms with van der Waals surface area (Å²) >= 11 is 0. The van der Waals surface area contributed by atoms with Crippen LogP contribution in [-0.2, 0) is 41.9 Å². The maximum Gasteiger partial charge on any atom is 0.264 e. The molecule has 1 saturated heterocycles. The van der Waals surface area contributed by atoms with Gasteiger partial charge >= 0.3 is 0 Å². The van der Waals surface area contributed by atoms with E-state index in [0.29, 0.717) is 42.7 Å². The van der Waals surface area contributed by atoms with E-state index in [9.17, 15) is 22.4 Å².